The van der Waals surface area contributed by atoms with Gasteiger partial charge in [0.1, 0.15) is 13.2 Å². The Morgan fingerprint density at radius 1 is 1.17 bits per heavy atom. The number of fused-ring (bicyclic) bond motifs is 1. The molecule has 2 aliphatic rings. The van der Waals surface area contributed by atoms with E-state index in [2.05, 4.69) is 5.10 Å². The van der Waals surface area contributed by atoms with E-state index in [4.69, 9.17) is 9.47 Å². The molecule has 124 valence electrons. The number of hydrogen-bond donors (Lipinski definition) is 0. The number of nitrogens with zero attached hydrogens (tertiary/aromatic N) is 3. The van der Waals surface area contributed by atoms with E-state index in [9.17, 15) is 9.59 Å². The second-order valence-electron chi connectivity index (χ2n) is 5.95. The number of para-hydroxylation sites is 1. The van der Waals surface area contributed by atoms with Gasteiger partial charge in [-0.15, -0.1) is 0 Å². The van der Waals surface area contributed by atoms with Crippen molar-refractivity contribution in [1.29, 1.82) is 0 Å². The summed E-state index contributed by atoms with van der Waals surface area (Å²) in [6.45, 7) is 2.67. The highest BCUT2D eigenvalue weighted by atomic mass is 16.6. The lowest BCUT2D eigenvalue weighted by Gasteiger charge is -2.39. The molecule has 0 radical (unpaired) electrons. The van der Waals surface area contributed by atoms with Gasteiger partial charge in [0.25, 0.3) is 11.5 Å². The Morgan fingerprint density at radius 2 is 2.00 bits per heavy atom. The molecule has 2 aliphatic heterocycles. The third-order valence-electron chi connectivity index (χ3n) is 4.26. The quantitative estimate of drug-likeness (QED) is 0.833. The largest absolute Gasteiger partial charge is 0.486 e. The fourth-order valence-corrected chi connectivity index (χ4v) is 3.03. The van der Waals surface area contributed by atoms with E-state index < -0.39 is 0 Å². The minimum absolute atomic E-state index is 0.0676. The van der Waals surface area contributed by atoms with Crippen LogP contribution in [0.2, 0.25) is 0 Å². The van der Waals surface area contributed by atoms with E-state index in [0.717, 1.165) is 0 Å². The molecule has 0 N–H and O–H groups in total. The first-order valence-electron chi connectivity index (χ1n) is 7.92. The fraction of sp³-hybridized carbons (Fsp3) is 0.353. The molecule has 0 aliphatic carbocycles. The van der Waals surface area contributed by atoms with Crippen LogP contribution in [0.4, 0.5) is 0 Å². The summed E-state index contributed by atoms with van der Waals surface area (Å²) in [5, 5.41) is 4.05. The second-order valence-corrected chi connectivity index (χ2v) is 5.95. The van der Waals surface area contributed by atoms with Crippen molar-refractivity contribution < 1.29 is 14.3 Å². The fourth-order valence-electron chi connectivity index (χ4n) is 3.03. The van der Waals surface area contributed by atoms with Crippen LogP contribution in [0.1, 0.15) is 10.4 Å². The third-order valence-corrected chi connectivity index (χ3v) is 4.26. The van der Waals surface area contributed by atoms with Gasteiger partial charge in [0.15, 0.2) is 11.5 Å². The molecule has 0 saturated carbocycles. The highest BCUT2D eigenvalue weighted by Gasteiger charge is 2.34. The van der Waals surface area contributed by atoms with Gasteiger partial charge in [-0.1, -0.05) is 6.07 Å². The van der Waals surface area contributed by atoms with E-state index in [-0.39, 0.29) is 17.4 Å². The number of amides is 1. The number of likely N-dealkylation sites (tertiary alicyclic amines) is 1. The molecular formula is C17H17N3O4. The summed E-state index contributed by atoms with van der Waals surface area (Å²) >= 11 is 0. The normalized spacial score (nSPS) is 16.6. The van der Waals surface area contributed by atoms with Crippen molar-refractivity contribution in [2.75, 3.05) is 26.3 Å². The monoisotopic (exact) mass is 327 g/mol. The molecule has 1 saturated heterocycles. The van der Waals surface area contributed by atoms with Crippen LogP contribution in [-0.2, 0) is 6.54 Å². The zero-order valence-corrected chi connectivity index (χ0v) is 13.1. The molecule has 0 spiro atoms. The minimum atomic E-state index is -0.120. The zero-order valence-electron chi connectivity index (χ0n) is 13.1. The number of benzene rings is 1. The van der Waals surface area contributed by atoms with Crippen LogP contribution >= 0.6 is 0 Å². The number of aromatic nitrogens is 2. The average molecular weight is 327 g/mol. The number of rotatable bonds is 3. The standard InChI is InChI=1S/C17H17N3O4/c21-15-5-2-6-18-20(15)11-12-9-19(10-12)17(22)13-3-1-4-14-16(13)24-8-7-23-14/h1-6,12H,7-11H2. The van der Waals surface area contributed by atoms with Crippen LogP contribution in [0, 0.1) is 5.92 Å². The maximum atomic E-state index is 12.7. The lowest BCUT2D eigenvalue weighted by molar-refractivity contribution is 0.0450. The van der Waals surface area contributed by atoms with Gasteiger partial charge in [-0.25, -0.2) is 4.68 Å². The summed E-state index contributed by atoms with van der Waals surface area (Å²) in [5.41, 5.74) is 0.408. The molecular weight excluding hydrogens is 310 g/mol. The van der Waals surface area contributed by atoms with Crippen LogP contribution < -0.4 is 15.0 Å². The lowest BCUT2D eigenvalue weighted by atomic mass is 9.98. The highest BCUT2D eigenvalue weighted by Crippen LogP contribution is 2.35. The predicted molar refractivity (Wildman–Crippen MR) is 85.3 cm³/mol. The summed E-state index contributed by atoms with van der Waals surface area (Å²) in [4.78, 5) is 26.1. The van der Waals surface area contributed by atoms with E-state index >= 15 is 0 Å². The van der Waals surface area contributed by atoms with Crippen molar-refractivity contribution in [2.24, 2.45) is 5.92 Å². The van der Waals surface area contributed by atoms with Gasteiger partial charge in [-0.2, -0.15) is 5.10 Å². The Labute approximate surface area is 138 Å². The second kappa shape index (κ2) is 5.99. The van der Waals surface area contributed by atoms with Gasteiger partial charge < -0.3 is 14.4 Å². The van der Waals surface area contributed by atoms with E-state index in [1.54, 1.807) is 35.4 Å². The van der Waals surface area contributed by atoms with Crippen LogP contribution in [0.25, 0.3) is 0 Å². The lowest BCUT2D eigenvalue weighted by Crippen LogP contribution is -2.52. The first-order valence-corrected chi connectivity index (χ1v) is 7.92. The van der Waals surface area contributed by atoms with Crippen molar-refractivity contribution in [3.8, 4) is 11.5 Å². The number of ether oxygens (including phenoxy) is 2. The summed E-state index contributed by atoms with van der Waals surface area (Å²) in [6.07, 6.45) is 1.59. The Bertz CT molecular complexity index is 827. The number of carbonyl (C=O) groups excluding carboxylic acids is 1. The predicted octanol–water partition coefficient (Wildman–Crippen LogP) is 0.787. The van der Waals surface area contributed by atoms with E-state index in [0.29, 0.717) is 49.9 Å². The van der Waals surface area contributed by atoms with Crippen molar-refractivity contribution in [3.63, 3.8) is 0 Å². The van der Waals surface area contributed by atoms with Crippen molar-refractivity contribution in [2.45, 2.75) is 6.54 Å². The molecule has 7 nitrogen and oxygen atoms in total. The van der Waals surface area contributed by atoms with Gasteiger partial charge >= 0.3 is 0 Å². The molecule has 1 aromatic carbocycles. The summed E-state index contributed by atoms with van der Waals surface area (Å²) in [6, 6.07) is 8.47. The SMILES string of the molecule is O=C(c1cccc2c1OCCO2)N1CC(Cn2ncccc2=O)C1. The summed E-state index contributed by atoms with van der Waals surface area (Å²) in [7, 11) is 0. The maximum Gasteiger partial charge on any atom is 0.266 e. The molecule has 4 rings (SSSR count). The molecule has 3 heterocycles. The molecule has 2 aromatic rings. The van der Waals surface area contributed by atoms with Gasteiger partial charge in [-0.05, 0) is 18.2 Å². The molecule has 1 amide bonds. The van der Waals surface area contributed by atoms with Crippen molar-refractivity contribution in [1.82, 2.24) is 14.7 Å². The van der Waals surface area contributed by atoms with E-state index in [1.165, 1.54) is 10.7 Å². The molecule has 24 heavy (non-hydrogen) atoms. The molecule has 7 heteroatoms. The van der Waals surface area contributed by atoms with Gasteiger partial charge in [0.2, 0.25) is 0 Å². The van der Waals surface area contributed by atoms with Gasteiger partial charge in [0, 0.05) is 31.3 Å². The third kappa shape index (κ3) is 2.62. The summed E-state index contributed by atoms with van der Waals surface area (Å²) < 4.78 is 12.6. The van der Waals surface area contributed by atoms with Crippen LogP contribution in [0.15, 0.2) is 41.3 Å². The van der Waals surface area contributed by atoms with Crippen molar-refractivity contribution >= 4 is 5.91 Å². The van der Waals surface area contributed by atoms with Crippen LogP contribution in [-0.4, -0.2) is 46.9 Å². The van der Waals surface area contributed by atoms with Gasteiger partial charge in [-0.3, -0.25) is 9.59 Å². The Kier molecular flexibility index (Phi) is 3.68. The topological polar surface area (TPSA) is 73.7 Å². The summed E-state index contributed by atoms with van der Waals surface area (Å²) in [5.74, 6) is 1.31. The maximum absolute atomic E-state index is 12.7. The first kappa shape index (κ1) is 14.7. The molecule has 1 aromatic heterocycles. The van der Waals surface area contributed by atoms with Gasteiger partial charge in [0.05, 0.1) is 12.1 Å². The van der Waals surface area contributed by atoms with Crippen LogP contribution in [0.5, 0.6) is 11.5 Å². The van der Waals surface area contributed by atoms with E-state index in [1.807, 2.05) is 0 Å². The average Bonchev–Trinajstić information content (AvgIpc) is 2.58. The Balaban J connectivity index is 1.43. The number of hydrogen-bond acceptors (Lipinski definition) is 5. The zero-order chi connectivity index (χ0) is 16.5. The highest BCUT2D eigenvalue weighted by molar-refractivity contribution is 5.98. The molecule has 0 bridgehead atoms. The smallest absolute Gasteiger partial charge is 0.266 e. The Morgan fingerprint density at radius 3 is 2.83 bits per heavy atom. The Hall–Kier alpha value is -2.83. The first-order chi connectivity index (χ1) is 11.7. The molecule has 1 fully saturated rings. The molecule has 0 atom stereocenters. The molecule has 0 unspecified atom stereocenters. The minimum Gasteiger partial charge on any atom is -0.486 e. The van der Waals surface area contributed by atoms with Crippen LogP contribution in [0.3, 0.4) is 0 Å². The number of carbonyl (C=O) groups is 1. The van der Waals surface area contributed by atoms with Crippen molar-refractivity contribution in [3.05, 3.63) is 52.4 Å².